The van der Waals surface area contributed by atoms with Crippen molar-refractivity contribution >= 4 is 29.3 Å². The number of amides is 1. The van der Waals surface area contributed by atoms with Gasteiger partial charge in [-0.2, -0.15) is 0 Å². The summed E-state index contributed by atoms with van der Waals surface area (Å²) in [6, 6.07) is 16.1. The number of carbonyl (C=O) groups excluding carboxylic acids is 1. The van der Waals surface area contributed by atoms with E-state index in [4.69, 9.17) is 9.73 Å². The van der Waals surface area contributed by atoms with E-state index in [9.17, 15) is 4.79 Å². The average molecular weight is 441 g/mol. The van der Waals surface area contributed by atoms with Crippen LogP contribution < -0.4 is 20.7 Å². The number of nitrogens with one attached hydrogen (secondary N) is 3. The second-order valence-electron chi connectivity index (χ2n) is 7.70. The molecule has 1 aliphatic heterocycles. The SMILES string of the molecule is CCNC(=NCC(C)CSc1ccccc1OC)NCC1CC(=O)Nc2ccccc21. The fourth-order valence-corrected chi connectivity index (χ4v) is 4.55. The van der Waals surface area contributed by atoms with Crippen LogP contribution in [0.3, 0.4) is 0 Å². The van der Waals surface area contributed by atoms with E-state index in [0.717, 1.165) is 41.1 Å². The van der Waals surface area contributed by atoms with Crippen LogP contribution in [0.2, 0.25) is 0 Å². The molecule has 0 radical (unpaired) electrons. The highest BCUT2D eigenvalue weighted by atomic mass is 32.2. The maximum atomic E-state index is 12.1. The van der Waals surface area contributed by atoms with Crippen LogP contribution in [-0.2, 0) is 4.79 Å². The molecule has 0 fully saturated rings. The quantitative estimate of drug-likeness (QED) is 0.311. The molecule has 0 saturated heterocycles. The summed E-state index contributed by atoms with van der Waals surface area (Å²) in [4.78, 5) is 18.0. The zero-order valence-corrected chi connectivity index (χ0v) is 19.3. The summed E-state index contributed by atoms with van der Waals surface area (Å²) in [6.45, 7) is 6.44. The molecule has 2 unspecified atom stereocenters. The van der Waals surface area contributed by atoms with Gasteiger partial charge >= 0.3 is 0 Å². The molecule has 3 rings (SSSR count). The van der Waals surface area contributed by atoms with Gasteiger partial charge in [0.2, 0.25) is 5.91 Å². The van der Waals surface area contributed by atoms with E-state index in [-0.39, 0.29) is 11.8 Å². The standard InChI is InChI=1S/C24H32N4O2S/c1-4-25-24(26-14-17(2)16-31-22-12-8-7-11-21(22)30-3)27-15-18-13-23(29)28-20-10-6-5-9-19(18)20/h5-12,17-18H,4,13-16H2,1-3H3,(H,28,29)(H2,25,26,27). The molecule has 2 aromatic carbocycles. The predicted molar refractivity (Wildman–Crippen MR) is 129 cm³/mol. The van der Waals surface area contributed by atoms with Gasteiger partial charge in [0.25, 0.3) is 0 Å². The van der Waals surface area contributed by atoms with Crippen LogP contribution in [0.4, 0.5) is 5.69 Å². The topological polar surface area (TPSA) is 74.8 Å². The Hall–Kier alpha value is -2.67. The molecule has 0 bridgehead atoms. The highest BCUT2D eigenvalue weighted by molar-refractivity contribution is 7.99. The van der Waals surface area contributed by atoms with Crippen LogP contribution in [0.5, 0.6) is 5.75 Å². The summed E-state index contributed by atoms with van der Waals surface area (Å²) in [7, 11) is 1.70. The molecule has 31 heavy (non-hydrogen) atoms. The van der Waals surface area contributed by atoms with Crippen molar-refractivity contribution in [2.24, 2.45) is 10.9 Å². The van der Waals surface area contributed by atoms with Crippen LogP contribution in [0.1, 0.15) is 31.7 Å². The van der Waals surface area contributed by atoms with Crippen molar-refractivity contribution in [3.63, 3.8) is 0 Å². The van der Waals surface area contributed by atoms with E-state index in [0.29, 0.717) is 18.9 Å². The molecule has 0 saturated carbocycles. The fraction of sp³-hybridized carbons (Fsp3) is 0.417. The molecular formula is C24H32N4O2S. The number of fused-ring (bicyclic) bond motifs is 1. The molecule has 7 heteroatoms. The summed E-state index contributed by atoms with van der Waals surface area (Å²) in [5.74, 6) is 3.27. The number of rotatable bonds is 9. The second-order valence-corrected chi connectivity index (χ2v) is 8.77. The van der Waals surface area contributed by atoms with Crippen LogP contribution in [0, 0.1) is 5.92 Å². The Kier molecular flexibility index (Phi) is 8.64. The number of guanidine groups is 1. The lowest BCUT2D eigenvalue weighted by molar-refractivity contribution is -0.116. The number of anilines is 1. The van der Waals surface area contributed by atoms with E-state index in [2.05, 4.69) is 41.9 Å². The molecule has 1 aliphatic rings. The Balaban J connectivity index is 1.54. The van der Waals surface area contributed by atoms with Gasteiger partial charge < -0.3 is 20.7 Å². The minimum absolute atomic E-state index is 0.0643. The summed E-state index contributed by atoms with van der Waals surface area (Å²) in [5, 5.41) is 9.70. The van der Waals surface area contributed by atoms with Gasteiger partial charge in [-0.25, -0.2) is 0 Å². The average Bonchev–Trinajstić information content (AvgIpc) is 2.79. The largest absolute Gasteiger partial charge is 0.496 e. The number of methoxy groups -OCH3 is 1. The third-order valence-electron chi connectivity index (χ3n) is 5.12. The first-order valence-corrected chi connectivity index (χ1v) is 11.8. The molecule has 0 aromatic heterocycles. The van der Waals surface area contributed by atoms with Crippen molar-refractivity contribution in [1.82, 2.24) is 10.6 Å². The minimum Gasteiger partial charge on any atom is -0.496 e. The van der Waals surface area contributed by atoms with Gasteiger partial charge in [0.15, 0.2) is 5.96 Å². The number of ether oxygens (including phenoxy) is 1. The molecule has 0 spiro atoms. The normalized spacial score (nSPS) is 16.8. The Labute approximate surface area is 189 Å². The van der Waals surface area contributed by atoms with Crippen molar-refractivity contribution in [1.29, 1.82) is 0 Å². The first-order chi connectivity index (χ1) is 15.1. The van der Waals surface area contributed by atoms with E-state index in [1.165, 1.54) is 5.56 Å². The third-order valence-corrected chi connectivity index (χ3v) is 6.50. The highest BCUT2D eigenvalue weighted by Gasteiger charge is 2.24. The predicted octanol–water partition coefficient (Wildman–Crippen LogP) is 4.10. The number of para-hydroxylation sites is 2. The summed E-state index contributed by atoms with van der Waals surface area (Å²) in [5.41, 5.74) is 2.08. The fourth-order valence-electron chi connectivity index (χ4n) is 3.52. The van der Waals surface area contributed by atoms with E-state index in [1.807, 2.05) is 36.4 Å². The second kappa shape index (κ2) is 11.6. The van der Waals surface area contributed by atoms with Gasteiger partial charge in [-0.1, -0.05) is 37.3 Å². The van der Waals surface area contributed by atoms with Crippen molar-refractivity contribution in [3.8, 4) is 5.75 Å². The lowest BCUT2D eigenvalue weighted by atomic mass is 9.90. The summed E-state index contributed by atoms with van der Waals surface area (Å²) in [6.07, 6.45) is 0.482. The monoisotopic (exact) mass is 440 g/mol. The van der Waals surface area contributed by atoms with Gasteiger partial charge in [-0.05, 0) is 36.6 Å². The van der Waals surface area contributed by atoms with Crippen LogP contribution >= 0.6 is 11.8 Å². The van der Waals surface area contributed by atoms with Gasteiger partial charge in [-0.15, -0.1) is 11.8 Å². The van der Waals surface area contributed by atoms with Gasteiger partial charge in [-0.3, -0.25) is 9.79 Å². The van der Waals surface area contributed by atoms with Crippen LogP contribution in [-0.4, -0.2) is 44.4 Å². The van der Waals surface area contributed by atoms with Crippen molar-refractivity contribution < 1.29 is 9.53 Å². The molecule has 2 aromatic rings. The zero-order chi connectivity index (χ0) is 22.1. The number of thioether (sulfide) groups is 1. The molecule has 1 amide bonds. The Bertz CT molecular complexity index is 903. The summed E-state index contributed by atoms with van der Waals surface area (Å²) < 4.78 is 5.43. The van der Waals surface area contributed by atoms with Crippen molar-refractivity contribution in [2.45, 2.75) is 31.1 Å². The van der Waals surface area contributed by atoms with Crippen LogP contribution in [0.25, 0.3) is 0 Å². The molecule has 6 nitrogen and oxygen atoms in total. The number of hydrogen-bond donors (Lipinski definition) is 3. The smallest absolute Gasteiger partial charge is 0.225 e. The van der Waals surface area contributed by atoms with Crippen molar-refractivity contribution in [2.75, 3.05) is 37.8 Å². The zero-order valence-electron chi connectivity index (χ0n) is 18.5. The molecular weight excluding hydrogens is 408 g/mol. The number of hydrogen-bond acceptors (Lipinski definition) is 4. The third kappa shape index (κ3) is 6.66. The van der Waals surface area contributed by atoms with E-state index < -0.39 is 0 Å². The number of nitrogens with zero attached hydrogens (tertiary/aromatic N) is 1. The van der Waals surface area contributed by atoms with Gasteiger partial charge in [0, 0.05) is 48.3 Å². The van der Waals surface area contributed by atoms with Crippen LogP contribution in [0.15, 0.2) is 58.4 Å². The lowest BCUT2D eigenvalue weighted by Crippen LogP contribution is -2.41. The molecule has 2 atom stereocenters. The first kappa shape index (κ1) is 23.0. The molecule has 0 aliphatic carbocycles. The molecule has 3 N–H and O–H groups in total. The number of aliphatic imine (C=N–C) groups is 1. The van der Waals surface area contributed by atoms with Gasteiger partial charge in [0.1, 0.15) is 5.75 Å². The number of carbonyl (C=O) groups is 1. The maximum Gasteiger partial charge on any atom is 0.225 e. The van der Waals surface area contributed by atoms with Crippen molar-refractivity contribution in [3.05, 3.63) is 54.1 Å². The summed E-state index contributed by atoms with van der Waals surface area (Å²) >= 11 is 1.79. The molecule has 1 heterocycles. The first-order valence-electron chi connectivity index (χ1n) is 10.8. The van der Waals surface area contributed by atoms with Gasteiger partial charge in [0.05, 0.1) is 7.11 Å². The Morgan fingerprint density at radius 2 is 2.00 bits per heavy atom. The van der Waals surface area contributed by atoms with E-state index >= 15 is 0 Å². The lowest BCUT2D eigenvalue weighted by Gasteiger charge is -2.26. The highest BCUT2D eigenvalue weighted by Crippen LogP contribution is 2.31. The Morgan fingerprint density at radius 1 is 1.23 bits per heavy atom. The minimum atomic E-state index is 0.0643. The maximum absolute atomic E-state index is 12.1. The van der Waals surface area contributed by atoms with E-state index in [1.54, 1.807) is 18.9 Å². The molecule has 166 valence electrons. The Morgan fingerprint density at radius 3 is 2.81 bits per heavy atom. The number of benzene rings is 2.